The predicted molar refractivity (Wildman–Crippen MR) is 75.8 cm³/mol. The lowest BCUT2D eigenvalue weighted by atomic mass is 9.88. The highest BCUT2D eigenvalue weighted by Crippen LogP contribution is 2.34. The lowest BCUT2D eigenvalue weighted by Gasteiger charge is -2.37. The standard InChI is InChI=1S/C14H25NOS/c1-6-14(5,16-8-3)13(15-7-2)12-9-11(4)17-10-12/h9-10,13,15H,6-8H2,1-5H3. The zero-order valence-corrected chi connectivity index (χ0v) is 12.5. The summed E-state index contributed by atoms with van der Waals surface area (Å²) in [4.78, 5) is 1.36. The van der Waals surface area contributed by atoms with Crippen LogP contribution in [-0.4, -0.2) is 18.8 Å². The Kier molecular flexibility index (Phi) is 5.63. The molecule has 1 aromatic heterocycles. The van der Waals surface area contributed by atoms with Gasteiger partial charge in [0.05, 0.1) is 11.6 Å². The van der Waals surface area contributed by atoms with Crippen LogP contribution < -0.4 is 5.32 Å². The van der Waals surface area contributed by atoms with Crippen LogP contribution in [0.3, 0.4) is 0 Å². The number of hydrogen-bond donors (Lipinski definition) is 1. The monoisotopic (exact) mass is 255 g/mol. The van der Waals surface area contributed by atoms with E-state index < -0.39 is 0 Å². The molecule has 17 heavy (non-hydrogen) atoms. The van der Waals surface area contributed by atoms with E-state index in [-0.39, 0.29) is 11.6 Å². The summed E-state index contributed by atoms with van der Waals surface area (Å²) in [5.74, 6) is 0. The molecule has 1 heterocycles. The third-order valence-corrected chi connectivity index (χ3v) is 4.16. The molecule has 0 saturated heterocycles. The second kappa shape index (κ2) is 6.53. The highest BCUT2D eigenvalue weighted by Gasteiger charge is 2.34. The highest BCUT2D eigenvalue weighted by molar-refractivity contribution is 7.10. The molecule has 3 heteroatoms. The van der Waals surface area contributed by atoms with Gasteiger partial charge in [0, 0.05) is 11.5 Å². The first-order valence-electron chi connectivity index (χ1n) is 6.49. The maximum atomic E-state index is 6.00. The average molecular weight is 255 g/mol. The Morgan fingerprint density at radius 1 is 1.41 bits per heavy atom. The third-order valence-electron chi connectivity index (χ3n) is 3.28. The molecule has 0 aliphatic rings. The summed E-state index contributed by atoms with van der Waals surface area (Å²) in [5, 5.41) is 5.82. The van der Waals surface area contributed by atoms with Gasteiger partial charge in [-0.3, -0.25) is 0 Å². The van der Waals surface area contributed by atoms with Crippen molar-refractivity contribution in [3.05, 3.63) is 21.9 Å². The topological polar surface area (TPSA) is 21.3 Å². The molecule has 0 fully saturated rings. The van der Waals surface area contributed by atoms with Crippen molar-refractivity contribution in [3.63, 3.8) is 0 Å². The van der Waals surface area contributed by atoms with Crippen molar-refractivity contribution in [2.75, 3.05) is 13.2 Å². The van der Waals surface area contributed by atoms with Crippen molar-refractivity contribution in [1.82, 2.24) is 5.32 Å². The number of thiophene rings is 1. The molecule has 0 saturated carbocycles. The number of nitrogens with one attached hydrogen (secondary N) is 1. The molecule has 2 atom stereocenters. The number of likely N-dealkylation sites (N-methyl/N-ethyl adjacent to an activating group) is 1. The minimum Gasteiger partial charge on any atom is -0.374 e. The van der Waals surface area contributed by atoms with Gasteiger partial charge in [0.2, 0.25) is 0 Å². The summed E-state index contributed by atoms with van der Waals surface area (Å²) in [6.07, 6.45) is 1.01. The fourth-order valence-electron chi connectivity index (χ4n) is 2.22. The van der Waals surface area contributed by atoms with Crippen molar-refractivity contribution in [2.24, 2.45) is 0 Å². The van der Waals surface area contributed by atoms with E-state index in [1.54, 1.807) is 0 Å². The molecule has 0 spiro atoms. The minimum atomic E-state index is -0.127. The molecule has 0 aromatic carbocycles. The maximum Gasteiger partial charge on any atom is 0.0845 e. The quantitative estimate of drug-likeness (QED) is 0.797. The van der Waals surface area contributed by atoms with Gasteiger partial charge in [-0.25, -0.2) is 0 Å². The molecule has 1 rings (SSSR count). The zero-order chi connectivity index (χ0) is 12.9. The van der Waals surface area contributed by atoms with E-state index in [0.29, 0.717) is 0 Å². The molecule has 0 bridgehead atoms. The van der Waals surface area contributed by atoms with Gasteiger partial charge in [0.25, 0.3) is 0 Å². The number of ether oxygens (including phenoxy) is 1. The second-order valence-electron chi connectivity index (χ2n) is 4.58. The molecule has 1 N–H and O–H groups in total. The Hall–Kier alpha value is -0.380. The largest absolute Gasteiger partial charge is 0.374 e. The van der Waals surface area contributed by atoms with Crippen molar-refractivity contribution in [3.8, 4) is 0 Å². The van der Waals surface area contributed by atoms with Crippen LogP contribution in [0.4, 0.5) is 0 Å². The molecule has 1 aromatic rings. The lowest BCUT2D eigenvalue weighted by Crippen LogP contribution is -2.43. The van der Waals surface area contributed by atoms with Crippen LogP contribution >= 0.6 is 11.3 Å². The zero-order valence-electron chi connectivity index (χ0n) is 11.7. The molecule has 2 unspecified atom stereocenters. The summed E-state index contributed by atoms with van der Waals surface area (Å²) in [7, 11) is 0. The summed E-state index contributed by atoms with van der Waals surface area (Å²) >= 11 is 1.81. The molecule has 0 aliphatic heterocycles. The van der Waals surface area contributed by atoms with Gasteiger partial charge in [0.15, 0.2) is 0 Å². The van der Waals surface area contributed by atoms with Gasteiger partial charge in [0.1, 0.15) is 0 Å². The van der Waals surface area contributed by atoms with E-state index in [0.717, 1.165) is 19.6 Å². The smallest absolute Gasteiger partial charge is 0.0845 e. The Morgan fingerprint density at radius 2 is 2.12 bits per heavy atom. The lowest BCUT2D eigenvalue weighted by molar-refractivity contribution is -0.0559. The Balaban J connectivity index is 2.98. The summed E-state index contributed by atoms with van der Waals surface area (Å²) in [6.45, 7) is 12.5. The van der Waals surface area contributed by atoms with Gasteiger partial charge in [-0.05, 0) is 50.7 Å². The SMILES string of the molecule is CCNC(c1csc(C)c1)C(C)(CC)OCC. The third kappa shape index (κ3) is 3.54. The van der Waals surface area contributed by atoms with Crippen molar-refractivity contribution < 1.29 is 4.74 Å². The van der Waals surface area contributed by atoms with Crippen LogP contribution in [0.5, 0.6) is 0 Å². The summed E-state index contributed by atoms with van der Waals surface area (Å²) in [6, 6.07) is 2.55. The normalized spacial score (nSPS) is 16.8. The van der Waals surface area contributed by atoms with Crippen LogP contribution in [0.1, 0.15) is 50.6 Å². The van der Waals surface area contributed by atoms with Crippen molar-refractivity contribution in [1.29, 1.82) is 0 Å². The van der Waals surface area contributed by atoms with Gasteiger partial charge in [-0.15, -0.1) is 11.3 Å². The van der Waals surface area contributed by atoms with E-state index in [1.165, 1.54) is 10.4 Å². The molecular formula is C14H25NOS. The van der Waals surface area contributed by atoms with Crippen LogP contribution in [0.2, 0.25) is 0 Å². The maximum absolute atomic E-state index is 6.00. The highest BCUT2D eigenvalue weighted by atomic mass is 32.1. The number of rotatable bonds is 7. The number of aryl methyl sites for hydroxylation is 1. The van der Waals surface area contributed by atoms with E-state index in [2.05, 4.69) is 51.4 Å². The van der Waals surface area contributed by atoms with Crippen molar-refractivity contribution in [2.45, 2.75) is 52.7 Å². The molecule has 2 nitrogen and oxygen atoms in total. The van der Waals surface area contributed by atoms with Crippen LogP contribution in [0.25, 0.3) is 0 Å². The minimum absolute atomic E-state index is 0.127. The fraction of sp³-hybridized carbons (Fsp3) is 0.714. The Bertz CT molecular complexity index is 337. The van der Waals surface area contributed by atoms with Gasteiger partial charge in [-0.2, -0.15) is 0 Å². The molecule has 0 amide bonds. The van der Waals surface area contributed by atoms with Crippen LogP contribution in [0.15, 0.2) is 11.4 Å². The first-order valence-corrected chi connectivity index (χ1v) is 7.37. The first kappa shape index (κ1) is 14.7. The predicted octanol–water partition coefficient (Wildman–Crippen LogP) is 3.91. The fourth-order valence-corrected chi connectivity index (χ4v) is 2.96. The van der Waals surface area contributed by atoms with Gasteiger partial charge in [-0.1, -0.05) is 13.8 Å². The molecular weight excluding hydrogens is 230 g/mol. The van der Waals surface area contributed by atoms with Crippen LogP contribution in [0, 0.1) is 6.92 Å². The van der Waals surface area contributed by atoms with E-state index in [1.807, 2.05) is 11.3 Å². The van der Waals surface area contributed by atoms with E-state index in [4.69, 9.17) is 4.74 Å². The Labute approximate surface area is 109 Å². The Morgan fingerprint density at radius 3 is 2.53 bits per heavy atom. The molecule has 0 aliphatic carbocycles. The van der Waals surface area contributed by atoms with Crippen LogP contribution in [-0.2, 0) is 4.74 Å². The molecule has 98 valence electrons. The first-order chi connectivity index (χ1) is 8.07. The van der Waals surface area contributed by atoms with E-state index >= 15 is 0 Å². The molecule has 0 radical (unpaired) electrons. The summed E-state index contributed by atoms with van der Waals surface area (Å²) in [5.41, 5.74) is 1.23. The number of hydrogen-bond acceptors (Lipinski definition) is 3. The van der Waals surface area contributed by atoms with Gasteiger partial charge >= 0.3 is 0 Å². The van der Waals surface area contributed by atoms with E-state index in [9.17, 15) is 0 Å². The van der Waals surface area contributed by atoms with Gasteiger partial charge < -0.3 is 10.1 Å². The summed E-state index contributed by atoms with van der Waals surface area (Å²) < 4.78 is 6.00. The van der Waals surface area contributed by atoms with Crippen molar-refractivity contribution >= 4 is 11.3 Å². The average Bonchev–Trinajstić information content (AvgIpc) is 2.72. The second-order valence-corrected chi connectivity index (χ2v) is 5.70.